The van der Waals surface area contributed by atoms with Crippen LogP contribution in [-0.2, 0) is 12.7 Å². The summed E-state index contributed by atoms with van der Waals surface area (Å²) in [6.07, 6.45) is -2.50. The van der Waals surface area contributed by atoms with E-state index >= 15 is 0 Å². The topological polar surface area (TPSA) is 53.1 Å². The monoisotopic (exact) mass is 285 g/mol. The first-order valence-electron chi connectivity index (χ1n) is 6.58. The predicted molar refractivity (Wildman–Crippen MR) is 71.4 cm³/mol. The molecule has 3 N–H and O–H groups in total. The fourth-order valence-corrected chi connectivity index (χ4v) is 2.56. The molecule has 1 atom stereocenters. The maximum absolute atomic E-state index is 12.7. The number of rotatable bonds is 3. The normalized spacial score (nSPS) is 20.9. The third-order valence-corrected chi connectivity index (χ3v) is 3.61. The standard InChI is InChI=1S/C14H18F3N3/c15-14(16,17)12-5-1-3-10(7-12)8-20-6-2-4-11(9-20)13(18)19/h1,3,5,7,11H,2,4,6,8-9H2,(H3,18,19). The Hall–Kier alpha value is -1.56. The zero-order chi connectivity index (χ0) is 14.8. The van der Waals surface area contributed by atoms with E-state index in [1.54, 1.807) is 6.07 Å². The van der Waals surface area contributed by atoms with E-state index in [4.69, 9.17) is 11.1 Å². The van der Waals surface area contributed by atoms with Gasteiger partial charge in [0.25, 0.3) is 0 Å². The summed E-state index contributed by atoms with van der Waals surface area (Å²) in [6.45, 7) is 1.94. The molecule has 2 rings (SSSR count). The van der Waals surface area contributed by atoms with Crippen LogP contribution in [0.5, 0.6) is 0 Å². The smallest absolute Gasteiger partial charge is 0.387 e. The number of hydrogen-bond acceptors (Lipinski definition) is 2. The van der Waals surface area contributed by atoms with E-state index in [0.29, 0.717) is 18.7 Å². The van der Waals surface area contributed by atoms with Gasteiger partial charge in [-0.1, -0.05) is 18.2 Å². The maximum Gasteiger partial charge on any atom is 0.416 e. The molecular formula is C14H18F3N3. The third-order valence-electron chi connectivity index (χ3n) is 3.61. The number of nitrogens with two attached hydrogens (primary N) is 1. The van der Waals surface area contributed by atoms with Gasteiger partial charge in [0.2, 0.25) is 0 Å². The van der Waals surface area contributed by atoms with Crippen molar-refractivity contribution in [2.75, 3.05) is 13.1 Å². The van der Waals surface area contributed by atoms with E-state index in [1.807, 2.05) is 0 Å². The summed E-state index contributed by atoms with van der Waals surface area (Å²) in [7, 11) is 0. The van der Waals surface area contributed by atoms with Gasteiger partial charge in [-0.25, -0.2) is 0 Å². The molecule has 110 valence electrons. The SMILES string of the molecule is N=C(N)C1CCCN(Cc2cccc(C(F)(F)F)c2)C1. The Labute approximate surface area is 116 Å². The molecule has 0 radical (unpaired) electrons. The minimum absolute atomic E-state index is 0.0227. The van der Waals surface area contributed by atoms with Gasteiger partial charge in [-0.05, 0) is 31.0 Å². The van der Waals surface area contributed by atoms with Crippen molar-refractivity contribution in [1.82, 2.24) is 4.90 Å². The van der Waals surface area contributed by atoms with Crippen LogP contribution in [0.25, 0.3) is 0 Å². The minimum Gasteiger partial charge on any atom is -0.387 e. The first-order valence-corrected chi connectivity index (χ1v) is 6.58. The molecule has 1 saturated heterocycles. The molecule has 0 bridgehead atoms. The average Bonchev–Trinajstić information content (AvgIpc) is 2.38. The van der Waals surface area contributed by atoms with E-state index in [2.05, 4.69) is 4.90 Å². The highest BCUT2D eigenvalue weighted by Crippen LogP contribution is 2.30. The van der Waals surface area contributed by atoms with Gasteiger partial charge in [0.1, 0.15) is 0 Å². The van der Waals surface area contributed by atoms with Crippen LogP contribution in [0.15, 0.2) is 24.3 Å². The van der Waals surface area contributed by atoms with Gasteiger partial charge >= 0.3 is 6.18 Å². The Morgan fingerprint density at radius 2 is 2.15 bits per heavy atom. The van der Waals surface area contributed by atoms with Crippen LogP contribution in [0.2, 0.25) is 0 Å². The van der Waals surface area contributed by atoms with E-state index in [0.717, 1.165) is 25.5 Å². The molecule has 1 aliphatic rings. The van der Waals surface area contributed by atoms with Gasteiger partial charge in [-0.2, -0.15) is 13.2 Å². The van der Waals surface area contributed by atoms with Crippen molar-refractivity contribution in [3.05, 3.63) is 35.4 Å². The number of benzene rings is 1. The van der Waals surface area contributed by atoms with Crippen molar-refractivity contribution in [2.45, 2.75) is 25.6 Å². The number of piperidine rings is 1. The second kappa shape index (κ2) is 5.83. The number of nitrogens with one attached hydrogen (secondary N) is 1. The van der Waals surface area contributed by atoms with E-state index in [1.165, 1.54) is 12.1 Å². The second-order valence-corrected chi connectivity index (χ2v) is 5.23. The van der Waals surface area contributed by atoms with Crippen LogP contribution < -0.4 is 5.73 Å². The fraction of sp³-hybridized carbons (Fsp3) is 0.500. The molecule has 0 saturated carbocycles. The zero-order valence-corrected chi connectivity index (χ0v) is 11.1. The molecule has 0 aliphatic carbocycles. The molecule has 0 amide bonds. The lowest BCUT2D eigenvalue weighted by atomic mass is 9.96. The number of halogens is 3. The third kappa shape index (κ3) is 3.72. The molecule has 0 aromatic heterocycles. The summed E-state index contributed by atoms with van der Waals surface area (Å²) >= 11 is 0. The second-order valence-electron chi connectivity index (χ2n) is 5.23. The highest BCUT2D eigenvalue weighted by molar-refractivity contribution is 5.79. The Balaban J connectivity index is 2.04. The Morgan fingerprint density at radius 1 is 1.40 bits per heavy atom. The summed E-state index contributed by atoms with van der Waals surface area (Å²) < 4.78 is 38.0. The summed E-state index contributed by atoms with van der Waals surface area (Å²) in [4.78, 5) is 2.06. The van der Waals surface area contributed by atoms with Crippen molar-refractivity contribution < 1.29 is 13.2 Å². The summed E-state index contributed by atoms with van der Waals surface area (Å²) in [5, 5.41) is 7.48. The molecule has 3 nitrogen and oxygen atoms in total. The summed E-state index contributed by atoms with van der Waals surface area (Å²) in [5.41, 5.74) is 5.54. The van der Waals surface area contributed by atoms with Crippen molar-refractivity contribution in [3.8, 4) is 0 Å². The number of alkyl halides is 3. The molecule has 20 heavy (non-hydrogen) atoms. The highest BCUT2D eigenvalue weighted by atomic mass is 19.4. The average molecular weight is 285 g/mol. The quantitative estimate of drug-likeness (QED) is 0.663. The van der Waals surface area contributed by atoms with Gasteiger partial charge in [-0.3, -0.25) is 10.3 Å². The van der Waals surface area contributed by atoms with Gasteiger partial charge in [0.15, 0.2) is 0 Å². The first-order chi connectivity index (χ1) is 9.36. The fourth-order valence-electron chi connectivity index (χ4n) is 2.56. The summed E-state index contributed by atoms with van der Waals surface area (Å²) in [6, 6.07) is 5.41. The van der Waals surface area contributed by atoms with Crippen LogP contribution in [0, 0.1) is 11.3 Å². The molecule has 1 heterocycles. The van der Waals surface area contributed by atoms with Gasteiger partial charge in [-0.15, -0.1) is 0 Å². The molecule has 1 fully saturated rings. The van der Waals surface area contributed by atoms with Crippen molar-refractivity contribution in [3.63, 3.8) is 0 Å². The predicted octanol–water partition coefficient (Wildman–Crippen LogP) is 2.85. The number of nitrogens with zero attached hydrogens (tertiary/aromatic N) is 1. The van der Waals surface area contributed by atoms with E-state index < -0.39 is 11.7 Å². The number of likely N-dealkylation sites (tertiary alicyclic amines) is 1. The van der Waals surface area contributed by atoms with Crippen LogP contribution in [0.3, 0.4) is 0 Å². The lowest BCUT2D eigenvalue weighted by molar-refractivity contribution is -0.137. The lowest BCUT2D eigenvalue weighted by Crippen LogP contribution is -2.40. The molecule has 1 unspecified atom stereocenters. The maximum atomic E-state index is 12.7. The van der Waals surface area contributed by atoms with Crippen LogP contribution in [-0.4, -0.2) is 23.8 Å². The van der Waals surface area contributed by atoms with Crippen LogP contribution in [0.4, 0.5) is 13.2 Å². The van der Waals surface area contributed by atoms with Crippen LogP contribution >= 0.6 is 0 Å². The molecular weight excluding hydrogens is 267 g/mol. The van der Waals surface area contributed by atoms with Gasteiger partial charge in [0, 0.05) is 19.0 Å². The van der Waals surface area contributed by atoms with Crippen molar-refractivity contribution in [1.29, 1.82) is 5.41 Å². The van der Waals surface area contributed by atoms with E-state index in [9.17, 15) is 13.2 Å². The highest BCUT2D eigenvalue weighted by Gasteiger charge is 2.30. The Bertz CT molecular complexity index is 485. The molecule has 0 spiro atoms. The van der Waals surface area contributed by atoms with Gasteiger partial charge < -0.3 is 5.73 Å². The van der Waals surface area contributed by atoms with Gasteiger partial charge in [0.05, 0.1) is 11.4 Å². The molecule has 1 aromatic rings. The summed E-state index contributed by atoms with van der Waals surface area (Å²) in [5.74, 6) is 0.188. The Morgan fingerprint density at radius 3 is 2.80 bits per heavy atom. The lowest BCUT2D eigenvalue weighted by Gasteiger charge is -2.32. The van der Waals surface area contributed by atoms with E-state index in [-0.39, 0.29) is 11.8 Å². The van der Waals surface area contributed by atoms with Crippen molar-refractivity contribution >= 4 is 5.84 Å². The minimum atomic E-state index is -4.31. The molecule has 6 heteroatoms. The molecule has 1 aromatic carbocycles. The largest absolute Gasteiger partial charge is 0.416 e. The Kier molecular flexibility index (Phi) is 4.32. The zero-order valence-electron chi connectivity index (χ0n) is 11.1. The van der Waals surface area contributed by atoms with Crippen molar-refractivity contribution in [2.24, 2.45) is 11.7 Å². The van der Waals surface area contributed by atoms with Crippen LogP contribution in [0.1, 0.15) is 24.0 Å². The first kappa shape index (κ1) is 14.8. The number of amidine groups is 1. The molecule has 1 aliphatic heterocycles. The number of hydrogen-bond donors (Lipinski definition) is 2.